The molecule has 0 spiro atoms. The predicted octanol–water partition coefficient (Wildman–Crippen LogP) is 0.621. The summed E-state index contributed by atoms with van der Waals surface area (Å²) in [5.74, 6) is -0.370. The van der Waals surface area contributed by atoms with Gasteiger partial charge < -0.3 is 15.8 Å². The quantitative estimate of drug-likeness (QED) is 0.680. The monoisotopic (exact) mass is 341 g/mol. The first-order valence-electron chi connectivity index (χ1n) is 7.47. The van der Waals surface area contributed by atoms with Crippen molar-refractivity contribution in [3.8, 4) is 0 Å². The van der Waals surface area contributed by atoms with Crippen LogP contribution < -0.4 is 15.8 Å². The van der Waals surface area contributed by atoms with E-state index in [4.69, 9.17) is 10.5 Å². The van der Waals surface area contributed by atoms with Crippen LogP contribution in [0, 0.1) is 0 Å². The van der Waals surface area contributed by atoms with Gasteiger partial charge >= 0.3 is 0 Å². The Labute approximate surface area is 136 Å². The second kappa shape index (κ2) is 6.86. The van der Waals surface area contributed by atoms with E-state index in [0.717, 1.165) is 0 Å². The molecule has 23 heavy (non-hydrogen) atoms. The molecule has 0 aromatic heterocycles. The van der Waals surface area contributed by atoms with Crippen molar-refractivity contribution in [3.05, 3.63) is 24.3 Å². The van der Waals surface area contributed by atoms with Crippen molar-refractivity contribution in [1.82, 2.24) is 10.0 Å². The van der Waals surface area contributed by atoms with Gasteiger partial charge in [0.15, 0.2) is 0 Å². The van der Waals surface area contributed by atoms with E-state index < -0.39 is 10.0 Å². The van der Waals surface area contributed by atoms with Crippen molar-refractivity contribution < 1.29 is 17.9 Å². The van der Waals surface area contributed by atoms with Gasteiger partial charge in [0.2, 0.25) is 15.9 Å². The van der Waals surface area contributed by atoms with Crippen LogP contribution in [0.4, 0.5) is 5.69 Å². The van der Waals surface area contributed by atoms with Gasteiger partial charge in [-0.3, -0.25) is 4.79 Å². The SMILES string of the molecule is CC1(C)CC(NC(=O)CNS(=O)(=O)c2ccccc2N)CCO1. The molecule has 1 aliphatic rings. The zero-order chi connectivity index (χ0) is 17.1. The highest BCUT2D eigenvalue weighted by Gasteiger charge is 2.29. The Bertz CT molecular complexity index is 673. The minimum Gasteiger partial charge on any atom is -0.398 e. The third-order valence-corrected chi connectivity index (χ3v) is 5.17. The summed E-state index contributed by atoms with van der Waals surface area (Å²) in [5, 5.41) is 2.84. The van der Waals surface area contributed by atoms with Crippen LogP contribution in [0.1, 0.15) is 26.7 Å². The average Bonchev–Trinajstić information content (AvgIpc) is 2.44. The van der Waals surface area contributed by atoms with E-state index in [2.05, 4.69) is 10.0 Å². The summed E-state index contributed by atoms with van der Waals surface area (Å²) in [5.41, 5.74) is 5.52. The molecule has 1 heterocycles. The lowest BCUT2D eigenvalue weighted by atomic mass is 9.94. The smallest absolute Gasteiger partial charge is 0.243 e. The van der Waals surface area contributed by atoms with Gasteiger partial charge in [0.1, 0.15) is 4.90 Å². The number of hydrogen-bond donors (Lipinski definition) is 3. The molecule has 8 heteroatoms. The summed E-state index contributed by atoms with van der Waals surface area (Å²) in [7, 11) is -3.81. The number of ether oxygens (including phenoxy) is 1. The maximum absolute atomic E-state index is 12.2. The molecule has 1 aromatic carbocycles. The normalized spacial score (nSPS) is 20.9. The number of nitrogens with two attached hydrogens (primary N) is 1. The molecule has 1 aliphatic heterocycles. The third kappa shape index (κ3) is 4.92. The van der Waals surface area contributed by atoms with Crippen LogP contribution in [0.3, 0.4) is 0 Å². The number of carbonyl (C=O) groups is 1. The number of benzene rings is 1. The van der Waals surface area contributed by atoms with Gasteiger partial charge in [0.25, 0.3) is 0 Å². The van der Waals surface area contributed by atoms with E-state index in [1.165, 1.54) is 12.1 Å². The number of amides is 1. The highest BCUT2D eigenvalue weighted by atomic mass is 32.2. The minimum absolute atomic E-state index is 0.0162. The molecule has 7 nitrogen and oxygen atoms in total. The van der Waals surface area contributed by atoms with E-state index in [-0.39, 0.29) is 34.7 Å². The summed E-state index contributed by atoms with van der Waals surface area (Å²) >= 11 is 0. The fourth-order valence-electron chi connectivity index (χ4n) is 2.60. The number of hydrogen-bond acceptors (Lipinski definition) is 5. The van der Waals surface area contributed by atoms with Crippen LogP contribution in [0.25, 0.3) is 0 Å². The molecule has 1 fully saturated rings. The largest absolute Gasteiger partial charge is 0.398 e. The zero-order valence-electron chi connectivity index (χ0n) is 13.3. The lowest BCUT2D eigenvalue weighted by molar-refractivity contribution is -0.123. The molecular formula is C15H23N3O4S. The van der Waals surface area contributed by atoms with Crippen molar-refractivity contribution >= 4 is 21.6 Å². The first kappa shape index (κ1) is 17.7. The number of nitrogen functional groups attached to an aromatic ring is 1. The van der Waals surface area contributed by atoms with Gasteiger partial charge in [0.05, 0.1) is 17.8 Å². The lowest BCUT2D eigenvalue weighted by Gasteiger charge is -2.35. The van der Waals surface area contributed by atoms with E-state index in [1.807, 2.05) is 13.8 Å². The van der Waals surface area contributed by atoms with Gasteiger partial charge in [-0.2, -0.15) is 0 Å². The Kier molecular flexibility index (Phi) is 5.28. The average molecular weight is 341 g/mol. The molecule has 0 aliphatic carbocycles. The van der Waals surface area contributed by atoms with Gasteiger partial charge in [-0.1, -0.05) is 12.1 Å². The Hall–Kier alpha value is -1.64. The van der Waals surface area contributed by atoms with E-state index in [9.17, 15) is 13.2 Å². The topological polar surface area (TPSA) is 111 Å². The van der Waals surface area contributed by atoms with Gasteiger partial charge in [0, 0.05) is 12.6 Å². The van der Waals surface area contributed by atoms with Crippen LogP contribution in [-0.4, -0.2) is 39.1 Å². The second-order valence-electron chi connectivity index (χ2n) is 6.23. The highest BCUT2D eigenvalue weighted by molar-refractivity contribution is 7.89. The van der Waals surface area contributed by atoms with Crippen molar-refractivity contribution in [1.29, 1.82) is 0 Å². The molecule has 1 atom stereocenters. The summed E-state index contributed by atoms with van der Waals surface area (Å²) < 4.78 is 32.2. The maximum atomic E-state index is 12.2. The van der Waals surface area contributed by atoms with Crippen molar-refractivity contribution in [2.75, 3.05) is 18.9 Å². The number of sulfonamides is 1. The van der Waals surface area contributed by atoms with Gasteiger partial charge in [-0.15, -0.1) is 0 Å². The lowest BCUT2D eigenvalue weighted by Crippen LogP contribution is -2.48. The van der Waals surface area contributed by atoms with Gasteiger partial charge in [-0.25, -0.2) is 13.1 Å². The third-order valence-electron chi connectivity index (χ3n) is 3.69. The molecule has 128 valence electrons. The van der Waals surface area contributed by atoms with Crippen LogP contribution >= 0.6 is 0 Å². The maximum Gasteiger partial charge on any atom is 0.243 e. The molecule has 4 N–H and O–H groups in total. The second-order valence-corrected chi connectivity index (χ2v) is 7.96. The van der Waals surface area contributed by atoms with Gasteiger partial charge in [-0.05, 0) is 38.8 Å². The number of nitrogens with one attached hydrogen (secondary N) is 2. The predicted molar refractivity (Wildman–Crippen MR) is 87.2 cm³/mol. The van der Waals surface area contributed by atoms with Crippen molar-refractivity contribution in [2.45, 2.75) is 43.2 Å². The number of anilines is 1. The Balaban J connectivity index is 1.90. The summed E-state index contributed by atoms with van der Waals surface area (Å²) in [6.07, 6.45) is 1.41. The molecule has 1 saturated heterocycles. The molecular weight excluding hydrogens is 318 g/mol. The summed E-state index contributed by atoms with van der Waals surface area (Å²) in [4.78, 5) is 11.9. The molecule has 1 unspecified atom stereocenters. The molecule has 1 aromatic rings. The number of carbonyl (C=O) groups excluding carboxylic acids is 1. The highest BCUT2D eigenvalue weighted by Crippen LogP contribution is 2.23. The van der Waals surface area contributed by atoms with Crippen LogP contribution in [-0.2, 0) is 19.6 Å². The van der Waals surface area contributed by atoms with E-state index >= 15 is 0 Å². The van der Waals surface area contributed by atoms with E-state index in [0.29, 0.717) is 19.4 Å². The molecule has 0 saturated carbocycles. The number of rotatable bonds is 5. The standard InChI is InChI=1S/C15H23N3O4S/c1-15(2)9-11(7-8-22-15)18-14(19)10-17-23(20,21)13-6-4-3-5-12(13)16/h3-6,11,17H,7-10,16H2,1-2H3,(H,18,19). The fourth-order valence-corrected chi connectivity index (χ4v) is 3.71. The molecule has 2 rings (SSSR count). The first-order chi connectivity index (χ1) is 10.7. The van der Waals surface area contributed by atoms with Crippen LogP contribution in [0.15, 0.2) is 29.2 Å². The van der Waals surface area contributed by atoms with E-state index in [1.54, 1.807) is 12.1 Å². The molecule has 0 radical (unpaired) electrons. The summed E-state index contributed by atoms with van der Waals surface area (Å²) in [6, 6.07) is 6.11. The fraction of sp³-hybridized carbons (Fsp3) is 0.533. The Morgan fingerprint density at radius 3 is 2.74 bits per heavy atom. The van der Waals surface area contributed by atoms with Crippen molar-refractivity contribution in [2.24, 2.45) is 0 Å². The Morgan fingerprint density at radius 1 is 1.39 bits per heavy atom. The minimum atomic E-state index is -3.81. The molecule has 1 amide bonds. The number of para-hydroxylation sites is 1. The zero-order valence-corrected chi connectivity index (χ0v) is 14.2. The van der Waals surface area contributed by atoms with Crippen LogP contribution in [0.5, 0.6) is 0 Å². The first-order valence-corrected chi connectivity index (χ1v) is 8.95. The van der Waals surface area contributed by atoms with Crippen LogP contribution in [0.2, 0.25) is 0 Å². The molecule has 0 bridgehead atoms. The summed E-state index contributed by atoms with van der Waals surface area (Å²) in [6.45, 7) is 4.18. The Morgan fingerprint density at radius 2 is 2.09 bits per heavy atom. The van der Waals surface area contributed by atoms with Crippen molar-refractivity contribution in [3.63, 3.8) is 0 Å².